The number of hydrogen-bond acceptors (Lipinski definition) is 3. The highest BCUT2D eigenvalue weighted by molar-refractivity contribution is 6.69. The van der Waals surface area contributed by atoms with Gasteiger partial charge in [0.1, 0.15) is 0 Å². The van der Waals surface area contributed by atoms with E-state index in [9.17, 15) is 5.26 Å². The Morgan fingerprint density at radius 2 is 1.94 bits per heavy atom. The summed E-state index contributed by atoms with van der Waals surface area (Å²) < 4.78 is 5.92. The van der Waals surface area contributed by atoms with E-state index < -0.39 is 14.4 Å². The van der Waals surface area contributed by atoms with Gasteiger partial charge in [-0.15, -0.1) is 0 Å². The zero-order valence-corrected chi connectivity index (χ0v) is 11.8. The molecule has 1 aromatic heterocycles. The fourth-order valence-corrected chi connectivity index (χ4v) is 2.75. The predicted molar refractivity (Wildman–Crippen MR) is 74.5 cm³/mol. The van der Waals surface area contributed by atoms with Crippen LogP contribution in [0.15, 0.2) is 36.7 Å². The van der Waals surface area contributed by atoms with E-state index in [1.54, 1.807) is 6.20 Å². The molecule has 18 heavy (non-hydrogen) atoms. The second kappa shape index (κ2) is 4.89. The first-order chi connectivity index (χ1) is 8.51. The van der Waals surface area contributed by atoms with Gasteiger partial charge in [-0.3, -0.25) is 4.98 Å². The Balaban J connectivity index is 2.49. The van der Waals surface area contributed by atoms with Crippen LogP contribution in [-0.2, 0) is 4.43 Å². The number of aromatic nitrogens is 1. The van der Waals surface area contributed by atoms with E-state index in [1.165, 1.54) is 0 Å². The van der Waals surface area contributed by atoms with Gasteiger partial charge in [-0.05, 0) is 25.0 Å². The van der Waals surface area contributed by atoms with Gasteiger partial charge in [0, 0.05) is 23.3 Å². The average Bonchev–Trinajstić information content (AvgIpc) is 2.34. The molecule has 0 bridgehead atoms. The van der Waals surface area contributed by atoms with Crippen LogP contribution in [0.4, 0.5) is 0 Å². The van der Waals surface area contributed by atoms with Gasteiger partial charge in [0.05, 0.1) is 6.07 Å². The van der Waals surface area contributed by atoms with Gasteiger partial charge in [0.15, 0.2) is 14.4 Å². The number of benzene rings is 1. The van der Waals surface area contributed by atoms with Crippen LogP contribution < -0.4 is 0 Å². The third-order valence-electron chi connectivity index (χ3n) is 2.57. The third kappa shape index (κ3) is 2.75. The topological polar surface area (TPSA) is 45.9 Å². The van der Waals surface area contributed by atoms with Gasteiger partial charge in [-0.2, -0.15) is 5.26 Å². The summed E-state index contributed by atoms with van der Waals surface area (Å²) in [5.41, 5.74) is 0.859. The molecule has 0 amide bonds. The van der Waals surface area contributed by atoms with Gasteiger partial charge in [-0.25, -0.2) is 0 Å². The van der Waals surface area contributed by atoms with Gasteiger partial charge in [0.2, 0.25) is 0 Å². The Bertz CT molecular complexity index is 593. The first-order valence-electron chi connectivity index (χ1n) is 5.91. The summed E-state index contributed by atoms with van der Waals surface area (Å²) in [5.74, 6) is 0. The molecular formula is C14H16N2OSi. The fourth-order valence-electron chi connectivity index (χ4n) is 1.86. The highest BCUT2D eigenvalue weighted by Gasteiger charge is 2.23. The van der Waals surface area contributed by atoms with Crippen molar-refractivity contribution in [1.29, 1.82) is 5.26 Å². The van der Waals surface area contributed by atoms with E-state index in [4.69, 9.17) is 4.43 Å². The molecule has 0 saturated carbocycles. The summed E-state index contributed by atoms with van der Waals surface area (Å²) >= 11 is 0. The van der Waals surface area contributed by atoms with Crippen molar-refractivity contribution in [3.05, 3.63) is 42.2 Å². The van der Waals surface area contributed by atoms with E-state index in [2.05, 4.69) is 30.7 Å². The molecular weight excluding hydrogens is 240 g/mol. The number of nitrogens with zero attached hydrogens (tertiary/aromatic N) is 2. The van der Waals surface area contributed by atoms with Crippen LogP contribution >= 0.6 is 0 Å². The van der Waals surface area contributed by atoms with Crippen molar-refractivity contribution in [2.75, 3.05) is 0 Å². The van der Waals surface area contributed by atoms with Crippen LogP contribution in [0.5, 0.6) is 0 Å². The normalized spacial score (nSPS) is 13.2. The second-order valence-corrected chi connectivity index (χ2v) is 9.65. The van der Waals surface area contributed by atoms with Crippen LogP contribution in [0.2, 0.25) is 19.6 Å². The van der Waals surface area contributed by atoms with Crippen molar-refractivity contribution in [3.63, 3.8) is 0 Å². The lowest BCUT2D eigenvalue weighted by Gasteiger charge is -2.22. The van der Waals surface area contributed by atoms with Crippen LogP contribution in [0.1, 0.15) is 11.7 Å². The Labute approximate surface area is 108 Å². The highest BCUT2D eigenvalue weighted by Crippen LogP contribution is 2.27. The first-order valence-corrected chi connectivity index (χ1v) is 9.32. The minimum Gasteiger partial charge on any atom is -0.399 e. The van der Waals surface area contributed by atoms with Gasteiger partial charge in [0.25, 0.3) is 0 Å². The van der Waals surface area contributed by atoms with Crippen molar-refractivity contribution in [1.82, 2.24) is 4.98 Å². The van der Waals surface area contributed by atoms with E-state index in [1.807, 2.05) is 30.5 Å². The molecule has 0 aliphatic rings. The highest BCUT2D eigenvalue weighted by atomic mass is 28.4. The Kier molecular flexibility index (Phi) is 3.46. The molecule has 0 saturated heterocycles. The molecule has 0 N–H and O–H groups in total. The number of rotatable bonds is 3. The summed E-state index contributed by atoms with van der Waals surface area (Å²) in [5, 5.41) is 11.4. The molecule has 1 heterocycles. The van der Waals surface area contributed by atoms with Crippen LogP contribution in [-0.4, -0.2) is 13.3 Å². The zero-order chi connectivity index (χ0) is 13.2. The fraction of sp³-hybridized carbons (Fsp3) is 0.286. The van der Waals surface area contributed by atoms with Crippen LogP contribution in [0, 0.1) is 11.3 Å². The lowest BCUT2D eigenvalue weighted by molar-refractivity contribution is 0.256. The third-order valence-corrected chi connectivity index (χ3v) is 3.51. The van der Waals surface area contributed by atoms with Crippen LogP contribution in [0.3, 0.4) is 0 Å². The summed E-state index contributed by atoms with van der Waals surface area (Å²) in [4.78, 5) is 4.20. The smallest absolute Gasteiger partial charge is 0.186 e. The van der Waals surface area contributed by atoms with Crippen molar-refractivity contribution in [2.45, 2.75) is 25.7 Å². The monoisotopic (exact) mass is 256 g/mol. The molecule has 0 aliphatic heterocycles. The van der Waals surface area contributed by atoms with Gasteiger partial charge >= 0.3 is 0 Å². The summed E-state index contributed by atoms with van der Waals surface area (Å²) in [6.45, 7) is 6.24. The molecule has 4 heteroatoms. The molecule has 1 unspecified atom stereocenters. The number of hydrogen-bond donors (Lipinski definition) is 0. The SMILES string of the molecule is C[Si](C)(C)OC(C#N)c1cncc2ccccc12. The number of fused-ring (bicyclic) bond motifs is 1. The summed E-state index contributed by atoms with van der Waals surface area (Å²) in [7, 11) is -1.76. The molecule has 2 rings (SSSR count). The molecule has 0 aliphatic carbocycles. The lowest BCUT2D eigenvalue weighted by atomic mass is 10.0. The van der Waals surface area contributed by atoms with Crippen LogP contribution in [0.25, 0.3) is 10.8 Å². The maximum absolute atomic E-state index is 9.32. The number of pyridine rings is 1. The molecule has 0 spiro atoms. The maximum Gasteiger partial charge on any atom is 0.186 e. The Hall–Kier alpha value is -1.70. The molecule has 1 aromatic carbocycles. The quantitative estimate of drug-likeness (QED) is 0.787. The second-order valence-electron chi connectivity index (χ2n) is 5.19. The standard InChI is InChI=1S/C14H16N2OSi/c1-18(2,3)17-14(8-15)13-10-16-9-11-6-4-5-7-12(11)13/h4-7,9-10,14H,1-3H3. The molecule has 3 nitrogen and oxygen atoms in total. The van der Waals surface area contributed by atoms with Crippen molar-refractivity contribution < 1.29 is 4.43 Å². The van der Waals surface area contributed by atoms with E-state index in [-0.39, 0.29) is 0 Å². The molecule has 2 aromatic rings. The largest absolute Gasteiger partial charge is 0.399 e. The number of nitriles is 1. The van der Waals surface area contributed by atoms with E-state index in [0.717, 1.165) is 16.3 Å². The summed E-state index contributed by atoms with van der Waals surface area (Å²) in [6, 6.07) is 10.2. The Morgan fingerprint density at radius 3 is 2.61 bits per heavy atom. The predicted octanol–water partition coefficient (Wildman–Crippen LogP) is 3.65. The zero-order valence-electron chi connectivity index (χ0n) is 10.8. The summed E-state index contributed by atoms with van der Waals surface area (Å²) in [6.07, 6.45) is 3.01. The van der Waals surface area contributed by atoms with Crippen molar-refractivity contribution in [3.8, 4) is 6.07 Å². The van der Waals surface area contributed by atoms with Gasteiger partial charge < -0.3 is 4.43 Å². The Morgan fingerprint density at radius 1 is 1.22 bits per heavy atom. The van der Waals surface area contributed by atoms with E-state index in [0.29, 0.717) is 0 Å². The van der Waals surface area contributed by atoms with Crippen molar-refractivity contribution >= 4 is 19.1 Å². The maximum atomic E-state index is 9.32. The van der Waals surface area contributed by atoms with E-state index >= 15 is 0 Å². The molecule has 0 fully saturated rings. The molecule has 1 atom stereocenters. The van der Waals surface area contributed by atoms with Gasteiger partial charge in [-0.1, -0.05) is 24.3 Å². The molecule has 0 radical (unpaired) electrons. The molecule has 92 valence electrons. The first kappa shape index (κ1) is 12.7. The minimum atomic E-state index is -1.76. The lowest BCUT2D eigenvalue weighted by Crippen LogP contribution is -2.27. The minimum absolute atomic E-state index is 0.532. The average molecular weight is 256 g/mol. The van der Waals surface area contributed by atoms with Crippen molar-refractivity contribution in [2.24, 2.45) is 0 Å².